The minimum Gasteiger partial charge on any atom is -0.352 e. The molecule has 1 aromatic carbocycles. The normalized spacial score (nSPS) is 9.92. The third-order valence-corrected chi connectivity index (χ3v) is 3.26. The first kappa shape index (κ1) is 15.4. The predicted molar refractivity (Wildman–Crippen MR) is 89.7 cm³/mol. The van der Waals surface area contributed by atoms with Crippen LogP contribution in [0.4, 0.5) is 0 Å². The summed E-state index contributed by atoms with van der Waals surface area (Å²) in [5.74, 6) is 5.93. The Hall–Kier alpha value is -3.46. The van der Waals surface area contributed by atoms with E-state index in [1.54, 1.807) is 11.7 Å². The van der Waals surface area contributed by atoms with Gasteiger partial charge in [0.25, 0.3) is 5.91 Å². The summed E-state index contributed by atoms with van der Waals surface area (Å²) < 4.78 is 1.54. The van der Waals surface area contributed by atoms with E-state index in [0.29, 0.717) is 0 Å². The highest BCUT2D eigenvalue weighted by Gasteiger charge is 2.09. The minimum atomic E-state index is -0.324. The van der Waals surface area contributed by atoms with Gasteiger partial charge < -0.3 is 5.32 Å². The van der Waals surface area contributed by atoms with Gasteiger partial charge in [0.15, 0.2) is 0 Å². The van der Waals surface area contributed by atoms with Crippen molar-refractivity contribution in [3.63, 3.8) is 0 Å². The van der Waals surface area contributed by atoms with Crippen LogP contribution in [0.3, 0.4) is 0 Å². The van der Waals surface area contributed by atoms with Gasteiger partial charge >= 0.3 is 0 Å². The Balaban J connectivity index is 1.87. The second-order valence-corrected chi connectivity index (χ2v) is 5.06. The van der Waals surface area contributed by atoms with Crippen molar-refractivity contribution in [3.05, 3.63) is 71.6 Å². The van der Waals surface area contributed by atoms with Crippen LogP contribution < -0.4 is 5.32 Å². The molecule has 0 atom stereocenters. The van der Waals surface area contributed by atoms with Crippen LogP contribution in [0.1, 0.15) is 27.6 Å². The number of aryl methyl sites for hydroxylation is 1. The lowest BCUT2D eigenvalue weighted by Crippen LogP contribution is -2.19. The number of hydrogen-bond acceptors (Lipinski definition) is 4. The average Bonchev–Trinajstić information content (AvgIpc) is 3.10. The zero-order valence-corrected chi connectivity index (χ0v) is 13.3. The fraction of sp³-hybridized carbons (Fsp3) is 0.111. The lowest BCUT2D eigenvalue weighted by Gasteiger charge is -2.00. The van der Waals surface area contributed by atoms with Gasteiger partial charge in [0.05, 0.1) is 5.69 Å². The van der Waals surface area contributed by atoms with Crippen LogP contribution in [0, 0.1) is 18.8 Å². The molecule has 0 unspecified atom stereocenters. The van der Waals surface area contributed by atoms with Gasteiger partial charge in [-0.1, -0.05) is 18.1 Å². The van der Waals surface area contributed by atoms with Crippen molar-refractivity contribution < 1.29 is 4.79 Å². The number of amides is 1. The van der Waals surface area contributed by atoms with Crippen molar-refractivity contribution in [3.8, 4) is 17.5 Å². The Kier molecular flexibility index (Phi) is 4.34. The first-order valence-electron chi connectivity index (χ1n) is 7.35. The predicted octanol–water partition coefficient (Wildman–Crippen LogP) is 1.73. The third kappa shape index (κ3) is 3.47. The van der Waals surface area contributed by atoms with Crippen LogP contribution in [-0.4, -0.2) is 32.7 Å². The number of hydrogen-bond donors (Lipinski definition) is 1. The van der Waals surface area contributed by atoms with Crippen molar-refractivity contribution >= 4 is 5.91 Å². The fourth-order valence-corrected chi connectivity index (χ4v) is 2.08. The molecule has 0 aliphatic rings. The van der Waals surface area contributed by atoms with Crippen LogP contribution in [0.2, 0.25) is 0 Å². The van der Waals surface area contributed by atoms with Crippen LogP contribution in [-0.2, 0) is 0 Å². The summed E-state index contributed by atoms with van der Waals surface area (Å²) in [6, 6.07) is 13.3. The summed E-state index contributed by atoms with van der Waals surface area (Å²) in [6.07, 6.45) is 1.50. The smallest absolute Gasteiger partial charge is 0.290 e. The number of aromatic nitrogens is 4. The van der Waals surface area contributed by atoms with Gasteiger partial charge in [0.1, 0.15) is 12.0 Å². The van der Waals surface area contributed by atoms with E-state index in [1.807, 2.05) is 49.4 Å². The number of nitrogens with one attached hydrogen (secondary N) is 1. The van der Waals surface area contributed by atoms with Crippen molar-refractivity contribution in [1.82, 2.24) is 25.1 Å². The van der Waals surface area contributed by atoms with E-state index >= 15 is 0 Å². The molecule has 2 aromatic heterocycles. The van der Waals surface area contributed by atoms with E-state index in [1.165, 1.54) is 6.33 Å². The zero-order valence-electron chi connectivity index (χ0n) is 13.3. The van der Waals surface area contributed by atoms with Crippen molar-refractivity contribution in [2.24, 2.45) is 0 Å². The van der Waals surface area contributed by atoms with Gasteiger partial charge in [0.2, 0.25) is 5.82 Å². The quantitative estimate of drug-likeness (QED) is 0.731. The number of rotatable bonds is 2. The molecule has 118 valence electrons. The molecule has 0 saturated heterocycles. The van der Waals surface area contributed by atoms with E-state index in [-0.39, 0.29) is 11.7 Å². The standard InChI is InChI=1S/C18H15N5O/c1-13-5-3-7-15(21-13)10-9-14-6-4-8-16(11-14)23-12-20-17(22-23)18(24)19-2/h3-8,11-12H,1-2H3,(H,19,24). The molecule has 24 heavy (non-hydrogen) atoms. The van der Waals surface area contributed by atoms with Crippen LogP contribution in [0.5, 0.6) is 0 Å². The Labute approximate surface area is 139 Å². The summed E-state index contributed by atoms with van der Waals surface area (Å²) in [5.41, 5.74) is 3.26. The maximum atomic E-state index is 11.5. The summed E-state index contributed by atoms with van der Waals surface area (Å²) in [7, 11) is 1.54. The zero-order chi connectivity index (χ0) is 16.9. The molecule has 0 saturated carbocycles. The molecule has 0 bridgehead atoms. The summed E-state index contributed by atoms with van der Waals surface area (Å²) in [4.78, 5) is 19.9. The Morgan fingerprint density at radius 1 is 1.17 bits per heavy atom. The molecule has 6 heteroatoms. The van der Waals surface area contributed by atoms with Crippen LogP contribution in [0.15, 0.2) is 48.8 Å². The molecule has 0 aliphatic heterocycles. The number of carbonyl (C=O) groups excluding carboxylic acids is 1. The molecule has 0 fully saturated rings. The van der Waals surface area contributed by atoms with Crippen molar-refractivity contribution in [2.45, 2.75) is 6.92 Å². The SMILES string of the molecule is CNC(=O)c1ncn(-c2cccc(C#Cc3cccc(C)n3)c2)n1. The molecule has 1 amide bonds. The van der Waals surface area contributed by atoms with Crippen LogP contribution >= 0.6 is 0 Å². The van der Waals surface area contributed by atoms with Gasteiger partial charge in [-0.3, -0.25) is 4.79 Å². The monoisotopic (exact) mass is 317 g/mol. The topological polar surface area (TPSA) is 72.7 Å². The van der Waals surface area contributed by atoms with Gasteiger partial charge in [0, 0.05) is 18.3 Å². The highest BCUT2D eigenvalue weighted by atomic mass is 16.2. The molecule has 2 heterocycles. The maximum absolute atomic E-state index is 11.5. The van der Waals surface area contributed by atoms with Crippen molar-refractivity contribution in [1.29, 1.82) is 0 Å². The third-order valence-electron chi connectivity index (χ3n) is 3.26. The maximum Gasteiger partial charge on any atom is 0.290 e. The summed E-state index contributed by atoms with van der Waals surface area (Å²) >= 11 is 0. The molecule has 6 nitrogen and oxygen atoms in total. The van der Waals surface area contributed by atoms with Gasteiger partial charge in [-0.15, -0.1) is 5.10 Å². The van der Waals surface area contributed by atoms with E-state index in [2.05, 4.69) is 32.2 Å². The molecule has 0 radical (unpaired) electrons. The highest BCUT2D eigenvalue weighted by molar-refractivity contribution is 5.89. The molecule has 1 N–H and O–H groups in total. The molecule has 0 spiro atoms. The lowest BCUT2D eigenvalue weighted by molar-refractivity contribution is 0.0953. The first-order valence-corrected chi connectivity index (χ1v) is 7.35. The van der Waals surface area contributed by atoms with Crippen LogP contribution in [0.25, 0.3) is 5.69 Å². The minimum absolute atomic E-state index is 0.123. The molecule has 3 aromatic rings. The Morgan fingerprint density at radius 2 is 2.00 bits per heavy atom. The number of nitrogens with zero attached hydrogens (tertiary/aromatic N) is 4. The largest absolute Gasteiger partial charge is 0.352 e. The van der Waals surface area contributed by atoms with Gasteiger partial charge in [-0.25, -0.2) is 14.6 Å². The second kappa shape index (κ2) is 6.75. The lowest BCUT2D eigenvalue weighted by atomic mass is 10.2. The number of carbonyl (C=O) groups is 1. The average molecular weight is 317 g/mol. The molecule has 3 rings (SSSR count). The molecular weight excluding hydrogens is 302 g/mol. The molecular formula is C18H15N5O. The van der Waals surface area contributed by atoms with E-state index in [9.17, 15) is 4.79 Å². The highest BCUT2D eigenvalue weighted by Crippen LogP contribution is 2.09. The second-order valence-electron chi connectivity index (χ2n) is 5.06. The fourth-order valence-electron chi connectivity index (χ4n) is 2.08. The van der Waals surface area contributed by atoms with Crippen molar-refractivity contribution in [2.75, 3.05) is 7.05 Å². The number of pyridine rings is 1. The molecule has 0 aliphatic carbocycles. The first-order chi connectivity index (χ1) is 11.7. The summed E-state index contributed by atoms with van der Waals surface area (Å²) in [5, 5.41) is 6.65. The number of benzene rings is 1. The Morgan fingerprint density at radius 3 is 2.79 bits per heavy atom. The van der Waals surface area contributed by atoms with Gasteiger partial charge in [-0.05, 0) is 43.2 Å². The van der Waals surface area contributed by atoms with Gasteiger partial charge in [-0.2, -0.15) is 0 Å². The van der Waals surface area contributed by atoms with E-state index in [0.717, 1.165) is 22.6 Å². The van der Waals surface area contributed by atoms with E-state index in [4.69, 9.17) is 0 Å². The van der Waals surface area contributed by atoms with E-state index < -0.39 is 0 Å². The Bertz CT molecular complexity index is 949. The summed E-state index contributed by atoms with van der Waals surface area (Å²) in [6.45, 7) is 1.93.